The highest BCUT2D eigenvalue weighted by Gasteiger charge is 2.32. The highest BCUT2D eigenvalue weighted by Crippen LogP contribution is 2.24. The van der Waals surface area contributed by atoms with Crippen LogP contribution in [-0.2, 0) is 21.4 Å². The van der Waals surface area contributed by atoms with E-state index in [1.807, 2.05) is 6.07 Å². The number of piperidine rings is 1. The summed E-state index contributed by atoms with van der Waals surface area (Å²) in [7, 11) is -3.56. The molecular weight excluding hydrogens is 480 g/mol. The second-order valence-electron chi connectivity index (χ2n) is 6.51. The smallest absolute Gasteiger partial charge is 0.243 e. The molecule has 0 atom stereocenters. The van der Waals surface area contributed by atoms with Gasteiger partial charge in [-0.2, -0.15) is 4.31 Å². The van der Waals surface area contributed by atoms with E-state index in [9.17, 15) is 13.2 Å². The third-order valence-corrected chi connectivity index (χ3v) is 7.27. The van der Waals surface area contributed by atoms with E-state index in [1.54, 1.807) is 36.6 Å². The summed E-state index contributed by atoms with van der Waals surface area (Å²) in [6.45, 7) is 0.982. The van der Waals surface area contributed by atoms with Crippen LogP contribution in [0.1, 0.15) is 18.6 Å². The number of rotatable bonds is 5. The fraction of sp³-hybridized carbons (Fsp3) is 0.333. The number of amides is 1. The standard InChI is InChI=1S/C18H21BrN4O4S2/c19-14-3-5-16(6-4-14)29(25,26)23-9-7-13(8-10-23)17(24)21-22-18(28)20-12-15-2-1-11-27-15/h1-6,11,13H,7-10,12H2,(H,21,24)(H2,20,22,28). The minimum atomic E-state index is -3.56. The number of benzene rings is 1. The largest absolute Gasteiger partial charge is 0.467 e. The lowest BCUT2D eigenvalue weighted by Gasteiger charge is -2.30. The van der Waals surface area contributed by atoms with Crippen molar-refractivity contribution in [2.24, 2.45) is 5.92 Å². The molecule has 0 unspecified atom stereocenters. The van der Waals surface area contributed by atoms with E-state index in [4.69, 9.17) is 16.6 Å². The number of sulfonamides is 1. The van der Waals surface area contributed by atoms with Crippen LogP contribution < -0.4 is 16.2 Å². The van der Waals surface area contributed by atoms with Crippen molar-refractivity contribution in [1.82, 2.24) is 20.5 Å². The molecule has 29 heavy (non-hydrogen) atoms. The van der Waals surface area contributed by atoms with Gasteiger partial charge in [0, 0.05) is 23.5 Å². The van der Waals surface area contributed by atoms with Crippen LogP contribution >= 0.6 is 28.1 Å². The molecule has 1 saturated heterocycles. The summed E-state index contributed by atoms with van der Waals surface area (Å²) in [5.74, 6) is 0.222. The Hall–Kier alpha value is -1.95. The Morgan fingerprint density at radius 1 is 1.17 bits per heavy atom. The summed E-state index contributed by atoms with van der Waals surface area (Å²) in [5, 5.41) is 3.18. The number of nitrogens with one attached hydrogen (secondary N) is 3. The molecule has 1 aliphatic heterocycles. The van der Waals surface area contributed by atoms with Crippen LogP contribution in [0.4, 0.5) is 0 Å². The molecule has 8 nitrogen and oxygen atoms in total. The lowest BCUT2D eigenvalue weighted by molar-refractivity contribution is -0.126. The van der Waals surface area contributed by atoms with Crippen molar-refractivity contribution < 1.29 is 17.6 Å². The molecule has 0 radical (unpaired) electrons. The number of thiocarbonyl (C=S) groups is 1. The van der Waals surface area contributed by atoms with E-state index < -0.39 is 10.0 Å². The zero-order chi connectivity index (χ0) is 20.9. The summed E-state index contributed by atoms with van der Waals surface area (Å²) in [6.07, 6.45) is 2.45. The van der Waals surface area contributed by atoms with Gasteiger partial charge in [0.2, 0.25) is 15.9 Å². The maximum absolute atomic E-state index is 12.7. The molecule has 2 heterocycles. The number of hydrazine groups is 1. The van der Waals surface area contributed by atoms with Crippen LogP contribution in [0, 0.1) is 5.92 Å². The van der Waals surface area contributed by atoms with Gasteiger partial charge < -0.3 is 9.73 Å². The van der Waals surface area contributed by atoms with E-state index in [0.717, 1.165) is 10.2 Å². The maximum atomic E-state index is 12.7. The molecule has 1 aliphatic rings. The molecule has 0 spiro atoms. The number of carbonyl (C=O) groups is 1. The maximum Gasteiger partial charge on any atom is 0.243 e. The third-order valence-electron chi connectivity index (χ3n) is 4.58. The first-order valence-corrected chi connectivity index (χ1v) is 11.6. The minimum absolute atomic E-state index is 0.215. The van der Waals surface area contributed by atoms with Crippen LogP contribution in [0.15, 0.2) is 56.4 Å². The topological polar surface area (TPSA) is 104 Å². The monoisotopic (exact) mass is 500 g/mol. The van der Waals surface area contributed by atoms with Crippen molar-refractivity contribution in [3.63, 3.8) is 0 Å². The normalized spacial score (nSPS) is 15.6. The number of furan rings is 1. The average Bonchev–Trinajstić information content (AvgIpc) is 3.24. The molecule has 2 aromatic rings. The van der Waals surface area contributed by atoms with Gasteiger partial charge in [0.1, 0.15) is 5.76 Å². The minimum Gasteiger partial charge on any atom is -0.467 e. The van der Waals surface area contributed by atoms with Gasteiger partial charge in [-0.1, -0.05) is 15.9 Å². The number of hydrogen-bond acceptors (Lipinski definition) is 5. The lowest BCUT2D eigenvalue weighted by atomic mass is 9.98. The average molecular weight is 501 g/mol. The van der Waals surface area contributed by atoms with Crippen molar-refractivity contribution in [2.45, 2.75) is 24.3 Å². The zero-order valence-electron chi connectivity index (χ0n) is 15.4. The van der Waals surface area contributed by atoms with Crippen LogP contribution in [0.25, 0.3) is 0 Å². The molecule has 1 fully saturated rings. The first-order valence-electron chi connectivity index (χ1n) is 8.98. The van der Waals surface area contributed by atoms with Gasteiger partial charge in [0.15, 0.2) is 5.11 Å². The van der Waals surface area contributed by atoms with E-state index in [1.165, 1.54) is 4.31 Å². The first-order chi connectivity index (χ1) is 13.9. The Labute approximate surface area is 183 Å². The second-order valence-corrected chi connectivity index (χ2v) is 9.77. The summed E-state index contributed by atoms with van der Waals surface area (Å²) < 4.78 is 32.9. The van der Waals surface area contributed by atoms with Crippen molar-refractivity contribution in [2.75, 3.05) is 13.1 Å². The number of carbonyl (C=O) groups excluding carboxylic acids is 1. The highest BCUT2D eigenvalue weighted by molar-refractivity contribution is 9.10. The number of nitrogens with zero attached hydrogens (tertiary/aromatic N) is 1. The van der Waals surface area contributed by atoms with E-state index in [2.05, 4.69) is 32.1 Å². The Morgan fingerprint density at radius 3 is 2.48 bits per heavy atom. The van der Waals surface area contributed by atoms with Crippen LogP contribution in [0.5, 0.6) is 0 Å². The second kappa shape index (κ2) is 9.70. The molecule has 0 bridgehead atoms. The molecular formula is C18H21BrN4O4S2. The summed E-state index contributed by atoms with van der Waals surface area (Å²) >= 11 is 8.41. The molecule has 1 aromatic heterocycles. The third kappa shape index (κ3) is 5.78. The fourth-order valence-electron chi connectivity index (χ4n) is 2.96. The van der Waals surface area contributed by atoms with Crippen molar-refractivity contribution in [1.29, 1.82) is 0 Å². The Morgan fingerprint density at radius 2 is 1.86 bits per heavy atom. The summed E-state index contributed by atoms with van der Waals surface area (Å²) in [6, 6.07) is 10.1. The molecule has 1 aromatic carbocycles. The Kier molecular flexibility index (Phi) is 7.28. The van der Waals surface area contributed by atoms with Crippen LogP contribution in [0.2, 0.25) is 0 Å². The van der Waals surface area contributed by atoms with E-state index in [0.29, 0.717) is 19.4 Å². The van der Waals surface area contributed by atoms with E-state index >= 15 is 0 Å². The van der Waals surface area contributed by atoms with Gasteiger partial charge in [-0.15, -0.1) is 0 Å². The van der Waals surface area contributed by atoms with Gasteiger partial charge in [-0.3, -0.25) is 15.6 Å². The number of halogens is 1. The summed E-state index contributed by atoms with van der Waals surface area (Å²) in [4.78, 5) is 12.6. The SMILES string of the molecule is O=C(NNC(=S)NCc1ccco1)C1CCN(S(=O)(=O)c2ccc(Br)cc2)CC1. The molecule has 0 aliphatic carbocycles. The quantitative estimate of drug-likeness (QED) is 0.426. The predicted octanol–water partition coefficient (Wildman–Crippen LogP) is 2.14. The molecule has 0 saturated carbocycles. The fourth-order valence-corrected chi connectivity index (χ4v) is 4.82. The molecule has 1 amide bonds. The van der Waals surface area contributed by atoms with Gasteiger partial charge in [-0.05, 0) is 61.5 Å². The lowest BCUT2D eigenvalue weighted by Crippen LogP contribution is -2.50. The van der Waals surface area contributed by atoms with Gasteiger partial charge in [-0.25, -0.2) is 8.42 Å². The number of hydrogen-bond donors (Lipinski definition) is 3. The molecule has 11 heteroatoms. The Balaban J connectivity index is 1.44. The van der Waals surface area contributed by atoms with Crippen molar-refractivity contribution in [3.05, 3.63) is 52.9 Å². The first kappa shape index (κ1) is 21.8. The zero-order valence-corrected chi connectivity index (χ0v) is 18.6. The van der Waals surface area contributed by atoms with Crippen LogP contribution in [0.3, 0.4) is 0 Å². The molecule has 3 rings (SSSR count). The Bertz CT molecular complexity index is 941. The van der Waals surface area contributed by atoms with E-state index in [-0.39, 0.29) is 34.9 Å². The van der Waals surface area contributed by atoms with Crippen molar-refractivity contribution >= 4 is 49.2 Å². The molecule has 3 N–H and O–H groups in total. The predicted molar refractivity (Wildman–Crippen MR) is 115 cm³/mol. The van der Waals surface area contributed by atoms with Gasteiger partial charge >= 0.3 is 0 Å². The van der Waals surface area contributed by atoms with Crippen molar-refractivity contribution in [3.8, 4) is 0 Å². The summed E-state index contributed by atoms with van der Waals surface area (Å²) in [5.41, 5.74) is 5.23. The van der Waals surface area contributed by atoms with Gasteiger partial charge in [0.05, 0.1) is 17.7 Å². The van der Waals surface area contributed by atoms with Crippen LogP contribution in [-0.4, -0.2) is 36.8 Å². The van der Waals surface area contributed by atoms with Gasteiger partial charge in [0.25, 0.3) is 0 Å². The molecule has 156 valence electrons. The highest BCUT2D eigenvalue weighted by atomic mass is 79.9.